The molecule has 1 spiro atoms. The molecule has 2 aliphatic heterocycles. The van der Waals surface area contributed by atoms with Crippen molar-refractivity contribution in [1.82, 2.24) is 4.90 Å². The van der Waals surface area contributed by atoms with Crippen LogP contribution >= 0.6 is 0 Å². The van der Waals surface area contributed by atoms with E-state index in [4.69, 9.17) is 4.74 Å². The van der Waals surface area contributed by atoms with E-state index in [9.17, 15) is 0 Å². The summed E-state index contributed by atoms with van der Waals surface area (Å²) in [4.78, 5) is 2.69. The molecule has 0 bridgehead atoms. The van der Waals surface area contributed by atoms with Crippen molar-refractivity contribution in [2.45, 2.75) is 44.1 Å². The quantitative estimate of drug-likeness (QED) is 0.814. The number of rotatable bonds is 2. The first-order chi connectivity index (χ1) is 12.3. The highest BCUT2D eigenvalue weighted by atomic mass is 16.5. The fourth-order valence-electron chi connectivity index (χ4n) is 5.10. The lowest BCUT2D eigenvalue weighted by Gasteiger charge is -2.45. The van der Waals surface area contributed by atoms with E-state index in [1.807, 2.05) is 0 Å². The molecule has 1 aliphatic carbocycles. The predicted octanol–water partition coefficient (Wildman–Crippen LogP) is 4.26. The second kappa shape index (κ2) is 6.17. The van der Waals surface area contributed by atoms with E-state index in [0.717, 1.165) is 11.7 Å². The minimum Gasteiger partial charge on any atom is -0.487 e. The van der Waals surface area contributed by atoms with Gasteiger partial charge in [-0.05, 0) is 67.2 Å². The summed E-state index contributed by atoms with van der Waals surface area (Å²) in [5.74, 6) is 1.94. The van der Waals surface area contributed by atoms with Gasteiger partial charge in [-0.3, -0.25) is 0 Å². The summed E-state index contributed by atoms with van der Waals surface area (Å²) in [7, 11) is 0. The topological polar surface area (TPSA) is 12.5 Å². The van der Waals surface area contributed by atoms with Gasteiger partial charge in [0.25, 0.3) is 0 Å². The number of ether oxygens (including phenoxy) is 1. The maximum Gasteiger partial charge on any atom is 0.123 e. The highest BCUT2D eigenvalue weighted by molar-refractivity contribution is 5.36. The first kappa shape index (κ1) is 15.5. The van der Waals surface area contributed by atoms with Crippen molar-refractivity contribution < 1.29 is 4.74 Å². The molecule has 1 fully saturated rings. The summed E-state index contributed by atoms with van der Waals surface area (Å²) in [5.41, 5.74) is 4.64. The third-order valence-corrected chi connectivity index (χ3v) is 6.57. The minimum absolute atomic E-state index is 0.101. The van der Waals surface area contributed by atoms with E-state index < -0.39 is 0 Å². The number of likely N-dealkylation sites (tertiary alicyclic amines) is 1. The maximum atomic E-state index is 6.50. The van der Waals surface area contributed by atoms with Crippen molar-refractivity contribution in [2.24, 2.45) is 5.92 Å². The molecular formula is C23H27NO. The lowest BCUT2D eigenvalue weighted by atomic mass is 9.83. The summed E-state index contributed by atoms with van der Waals surface area (Å²) in [6, 6.07) is 17.6. The minimum atomic E-state index is 0.101. The number of piperidine rings is 1. The lowest BCUT2D eigenvalue weighted by molar-refractivity contribution is -0.0172. The molecule has 2 aromatic carbocycles. The zero-order valence-electron chi connectivity index (χ0n) is 14.9. The second-order valence-corrected chi connectivity index (χ2v) is 8.24. The van der Waals surface area contributed by atoms with Gasteiger partial charge < -0.3 is 9.64 Å². The number of benzene rings is 2. The molecule has 0 N–H and O–H groups in total. The summed E-state index contributed by atoms with van der Waals surface area (Å²) in [6.45, 7) is 3.63. The molecule has 130 valence electrons. The molecule has 0 atom stereocenters. The zero-order valence-corrected chi connectivity index (χ0v) is 14.9. The smallest absolute Gasteiger partial charge is 0.123 e. The summed E-state index contributed by atoms with van der Waals surface area (Å²) < 4.78 is 6.50. The van der Waals surface area contributed by atoms with Gasteiger partial charge >= 0.3 is 0 Å². The van der Waals surface area contributed by atoms with E-state index in [2.05, 4.69) is 53.4 Å². The van der Waals surface area contributed by atoms with E-state index >= 15 is 0 Å². The van der Waals surface area contributed by atoms with Gasteiger partial charge in [-0.15, -0.1) is 0 Å². The monoisotopic (exact) mass is 333 g/mol. The zero-order chi connectivity index (χ0) is 16.7. The molecule has 0 unspecified atom stereocenters. The van der Waals surface area contributed by atoms with Crippen LogP contribution in [0, 0.1) is 5.92 Å². The van der Waals surface area contributed by atoms with Gasteiger partial charge in [0.15, 0.2) is 0 Å². The van der Waals surface area contributed by atoms with Gasteiger partial charge in [-0.2, -0.15) is 0 Å². The third kappa shape index (κ3) is 2.97. The van der Waals surface area contributed by atoms with Crippen LogP contribution < -0.4 is 4.74 Å². The SMILES string of the molecule is c1ccc2c(c1)CC(CN1CCC3(CCc4ccccc4O3)CC1)C2. The molecule has 1 saturated heterocycles. The third-order valence-electron chi connectivity index (χ3n) is 6.57. The summed E-state index contributed by atoms with van der Waals surface area (Å²) >= 11 is 0. The first-order valence-corrected chi connectivity index (χ1v) is 9.86. The largest absolute Gasteiger partial charge is 0.487 e. The molecule has 0 amide bonds. The number of aryl methyl sites for hydroxylation is 1. The number of nitrogens with zero attached hydrogens (tertiary/aromatic N) is 1. The van der Waals surface area contributed by atoms with Crippen LogP contribution in [0.4, 0.5) is 0 Å². The molecule has 2 heteroatoms. The van der Waals surface area contributed by atoms with Crippen LogP contribution in [0.5, 0.6) is 5.75 Å². The van der Waals surface area contributed by atoms with Crippen LogP contribution in [-0.2, 0) is 19.3 Å². The van der Waals surface area contributed by atoms with Gasteiger partial charge in [-0.1, -0.05) is 42.5 Å². The molecule has 2 nitrogen and oxygen atoms in total. The number of hydrogen-bond donors (Lipinski definition) is 0. The lowest BCUT2D eigenvalue weighted by Crippen LogP contribution is -2.50. The highest BCUT2D eigenvalue weighted by Gasteiger charge is 2.39. The Morgan fingerprint density at radius 3 is 2.20 bits per heavy atom. The van der Waals surface area contributed by atoms with Crippen LogP contribution in [-0.4, -0.2) is 30.1 Å². The Kier molecular flexibility index (Phi) is 3.82. The van der Waals surface area contributed by atoms with Gasteiger partial charge in [0.05, 0.1) is 0 Å². The maximum absolute atomic E-state index is 6.50. The van der Waals surface area contributed by atoms with Crippen molar-refractivity contribution in [3.05, 3.63) is 65.2 Å². The molecule has 3 aliphatic rings. The van der Waals surface area contributed by atoms with Crippen molar-refractivity contribution in [1.29, 1.82) is 0 Å². The molecule has 2 heterocycles. The van der Waals surface area contributed by atoms with Crippen molar-refractivity contribution in [2.75, 3.05) is 19.6 Å². The molecule has 0 aromatic heterocycles. The van der Waals surface area contributed by atoms with Crippen molar-refractivity contribution in [3.63, 3.8) is 0 Å². The molecule has 2 aromatic rings. The Balaban J connectivity index is 1.19. The Bertz CT molecular complexity index is 735. The van der Waals surface area contributed by atoms with Crippen LogP contribution in [0.1, 0.15) is 36.0 Å². The van der Waals surface area contributed by atoms with Gasteiger partial charge in [-0.25, -0.2) is 0 Å². The van der Waals surface area contributed by atoms with E-state index in [1.54, 1.807) is 11.1 Å². The highest BCUT2D eigenvalue weighted by Crippen LogP contribution is 2.39. The van der Waals surface area contributed by atoms with Crippen molar-refractivity contribution in [3.8, 4) is 5.75 Å². The van der Waals surface area contributed by atoms with Gasteiger partial charge in [0.2, 0.25) is 0 Å². The van der Waals surface area contributed by atoms with Crippen LogP contribution in [0.25, 0.3) is 0 Å². The van der Waals surface area contributed by atoms with Gasteiger partial charge in [0, 0.05) is 19.6 Å². The Morgan fingerprint density at radius 2 is 1.48 bits per heavy atom. The molecule has 25 heavy (non-hydrogen) atoms. The fraction of sp³-hybridized carbons (Fsp3) is 0.478. The summed E-state index contributed by atoms with van der Waals surface area (Å²) in [6.07, 6.45) is 7.26. The predicted molar refractivity (Wildman–Crippen MR) is 101 cm³/mol. The van der Waals surface area contributed by atoms with E-state index in [1.165, 1.54) is 63.7 Å². The number of fused-ring (bicyclic) bond motifs is 2. The van der Waals surface area contributed by atoms with Crippen LogP contribution in [0.15, 0.2) is 48.5 Å². The standard InChI is InChI=1S/C23H27NO/c1-2-7-21-16-18(15-20(21)6-1)17-24-13-11-23(12-14-24)10-9-19-5-3-4-8-22(19)25-23/h1-8,18H,9-17H2. The Labute approximate surface area is 150 Å². The number of para-hydroxylation sites is 1. The molecular weight excluding hydrogens is 306 g/mol. The Morgan fingerprint density at radius 1 is 0.840 bits per heavy atom. The fourth-order valence-corrected chi connectivity index (χ4v) is 5.10. The van der Waals surface area contributed by atoms with Crippen LogP contribution in [0.2, 0.25) is 0 Å². The second-order valence-electron chi connectivity index (χ2n) is 8.24. The molecule has 0 saturated carbocycles. The Hall–Kier alpha value is -1.80. The molecule has 0 radical (unpaired) electrons. The van der Waals surface area contributed by atoms with Crippen molar-refractivity contribution >= 4 is 0 Å². The normalized spacial score (nSPS) is 22.4. The first-order valence-electron chi connectivity index (χ1n) is 9.86. The number of hydrogen-bond acceptors (Lipinski definition) is 2. The summed E-state index contributed by atoms with van der Waals surface area (Å²) in [5, 5.41) is 0. The van der Waals surface area contributed by atoms with Gasteiger partial charge in [0.1, 0.15) is 11.4 Å². The average Bonchev–Trinajstić information content (AvgIpc) is 3.06. The average molecular weight is 333 g/mol. The van der Waals surface area contributed by atoms with E-state index in [0.29, 0.717) is 0 Å². The van der Waals surface area contributed by atoms with E-state index in [-0.39, 0.29) is 5.60 Å². The molecule has 5 rings (SSSR count). The van der Waals surface area contributed by atoms with Crippen LogP contribution in [0.3, 0.4) is 0 Å².